The summed E-state index contributed by atoms with van der Waals surface area (Å²) in [5.41, 5.74) is 1.92. The molecule has 5 nitrogen and oxygen atoms in total. The first-order valence-electron chi connectivity index (χ1n) is 6.54. The molecule has 0 saturated carbocycles. The highest BCUT2D eigenvalue weighted by Gasteiger charge is 2.12. The molecule has 2 N–H and O–H groups in total. The van der Waals surface area contributed by atoms with Gasteiger partial charge in [0, 0.05) is 19.7 Å². The van der Waals surface area contributed by atoms with E-state index < -0.39 is 0 Å². The Morgan fingerprint density at radius 2 is 1.52 bits per heavy atom. The third-order valence-electron chi connectivity index (χ3n) is 3.02. The molecule has 5 heteroatoms. The molecule has 0 spiro atoms. The van der Waals surface area contributed by atoms with Crippen LogP contribution in [0.25, 0.3) is 0 Å². The van der Waals surface area contributed by atoms with Gasteiger partial charge >= 0.3 is 6.03 Å². The topological polar surface area (TPSA) is 61.4 Å². The van der Waals surface area contributed by atoms with Gasteiger partial charge in [-0.1, -0.05) is 30.3 Å². The van der Waals surface area contributed by atoms with Crippen LogP contribution in [0.4, 0.5) is 21.9 Å². The maximum Gasteiger partial charge on any atom is 0.323 e. The molecule has 0 aliphatic rings. The van der Waals surface area contributed by atoms with Gasteiger partial charge in [0.15, 0.2) is 0 Å². The van der Waals surface area contributed by atoms with Crippen LogP contribution in [0.2, 0.25) is 0 Å². The lowest BCUT2D eigenvalue weighted by molar-refractivity contribution is -0.116. The summed E-state index contributed by atoms with van der Waals surface area (Å²) in [5, 5.41) is 5.48. The van der Waals surface area contributed by atoms with Gasteiger partial charge in [-0.3, -0.25) is 4.79 Å². The maximum absolute atomic E-state index is 12.0. The molecule has 0 unspecified atom stereocenters. The molecule has 0 aliphatic heterocycles. The summed E-state index contributed by atoms with van der Waals surface area (Å²) in [6.07, 6.45) is 0. The fourth-order valence-corrected chi connectivity index (χ4v) is 1.85. The number of carbonyl (C=O) groups is 2. The SMILES string of the molecule is CC(=O)N(C)c1ccccc1NC(=O)Nc1ccccc1. The van der Waals surface area contributed by atoms with Crippen molar-refractivity contribution in [2.75, 3.05) is 22.6 Å². The average Bonchev–Trinajstić information content (AvgIpc) is 2.48. The number of nitrogens with zero attached hydrogens (tertiary/aromatic N) is 1. The summed E-state index contributed by atoms with van der Waals surface area (Å²) in [7, 11) is 1.66. The van der Waals surface area contributed by atoms with Crippen molar-refractivity contribution in [1.82, 2.24) is 0 Å². The molecular formula is C16H17N3O2. The van der Waals surface area contributed by atoms with Crippen LogP contribution in [0.3, 0.4) is 0 Å². The molecule has 2 aromatic rings. The van der Waals surface area contributed by atoms with E-state index in [9.17, 15) is 9.59 Å². The van der Waals surface area contributed by atoms with Crippen molar-refractivity contribution < 1.29 is 9.59 Å². The highest BCUT2D eigenvalue weighted by atomic mass is 16.2. The van der Waals surface area contributed by atoms with Gasteiger partial charge in [-0.2, -0.15) is 0 Å². The predicted octanol–water partition coefficient (Wildman–Crippen LogP) is 3.31. The van der Waals surface area contributed by atoms with E-state index >= 15 is 0 Å². The number of hydrogen-bond donors (Lipinski definition) is 2. The second-order valence-electron chi connectivity index (χ2n) is 4.54. The first-order valence-corrected chi connectivity index (χ1v) is 6.54. The number of rotatable bonds is 3. The van der Waals surface area contributed by atoms with E-state index in [0.717, 1.165) is 0 Å². The maximum atomic E-state index is 12.0. The van der Waals surface area contributed by atoms with Crippen molar-refractivity contribution in [3.63, 3.8) is 0 Å². The summed E-state index contributed by atoms with van der Waals surface area (Å²) < 4.78 is 0. The van der Waals surface area contributed by atoms with Crippen LogP contribution < -0.4 is 15.5 Å². The lowest BCUT2D eigenvalue weighted by Gasteiger charge is -2.19. The second kappa shape index (κ2) is 6.56. The van der Waals surface area contributed by atoms with Crippen molar-refractivity contribution in [1.29, 1.82) is 0 Å². The molecule has 0 heterocycles. The normalized spacial score (nSPS) is 9.81. The van der Waals surface area contributed by atoms with Gasteiger partial charge in [-0.25, -0.2) is 4.79 Å². The first kappa shape index (κ1) is 14.6. The summed E-state index contributed by atoms with van der Waals surface area (Å²) in [4.78, 5) is 25.0. The molecule has 2 rings (SSSR count). The molecule has 0 radical (unpaired) electrons. The standard InChI is InChI=1S/C16H17N3O2/c1-12(20)19(2)15-11-7-6-10-14(15)18-16(21)17-13-8-4-3-5-9-13/h3-11H,1-2H3,(H2,17,18,21). The van der Waals surface area contributed by atoms with Gasteiger partial charge < -0.3 is 15.5 Å². The number of nitrogens with one attached hydrogen (secondary N) is 2. The fraction of sp³-hybridized carbons (Fsp3) is 0.125. The summed E-state index contributed by atoms with van der Waals surface area (Å²) >= 11 is 0. The van der Waals surface area contributed by atoms with Gasteiger partial charge in [0.2, 0.25) is 5.91 Å². The Balaban J connectivity index is 2.12. The largest absolute Gasteiger partial charge is 0.323 e. The van der Waals surface area contributed by atoms with Gasteiger partial charge in [-0.05, 0) is 24.3 Å². The smallest absolute Gasteiger partial charge is 0.314 e. The molecule has 0 aromatic heterocycles. The molecule has 2 aromatic carbocycles. The number of anilines is 3. The van der Waals surface area contributed by atoms with Crippen molar-refractivity contribution in [3.05, 3.63) is 54.6 Å². The van der Waals surface area contributed by atoms with E-state index in [-0.39, 0.29) is 11.9 Å². The average molecular weight is 283 g/mol. The third kappa shape index (κ3) is 3.82. The third-order valence-corrected chi connectivity index (χ3v) is 3.02. The number of urea groups is 1. The summed E-state index contributed by atoms with van der Waals surface area (Å²) in [6.45, 7) is 1.47. The zero-order chi connectivity index (χ0) is 15.2. The zero-order valence-electron chi connectivity index (χ0n) is 12.0. The number of para-hydroxylation sites is 3. The quantitative estimate of drug-likeness (QED) is 0.907. The minimum atomic E-state index is -0.356. The van der Waals surface area contributed by atoms with Crippen LogP contribution >= 0.6 is 0 Å². The van der Waals surface area contributed by atoms with Gasteiger partial charge in [0.25, 0.3) is 0 Å². The summed E-state index contributed by atoms with van der Waals surface area (Å²) in [5.74, 6) is -0.104. The molecular weight excluding hydrogens is 266 g/mol. The second-order valence-corrected chi connectivity index (χ2v) is 4.54. The molecule has 108 valence electrons. The minimum Gasteiger partial charge on any atom is -0.314 e. The Morgan fingerprint density at radius 1 is 0.905 bits per heavy atom. The molecule has 0 atom stereocenters. The van der Waals surface area contributed by atoms with Crippen LogP contribution in [0.15, 0.2) is 54.6 Å². The number of carbonyl (C=O) groups excluding carboxylic acids is 2. The lowest BCUT2D eigenvalue weighted by Crippen LogP contribution is -2.26. The molecule has 0 saturated heterocycles. The van der Waals surface area contributed by atoms with Crippen LogP contribution in [-0.4, -0.2) is 19.0 Å². The molecule has 0 aliphatic carbocycles. The van der Waals surface area contributed by atoms with Crippen LogP contribution in [-0.2, 0) is 4.79 Å². The van der Waals surface area contributed by atoms with Crippen molar-refractivity contribution in [2.24, 2.45) is 0 Å². The fourth-order valence-electron chi connectivity index (χ4n) is 1.85. The van der Waals surface area contributed by atoms with Crippen molar-refractivity contribution in [2.45, 2.75) is 6.92 Å². The van der Waals surface area contributed by atoms with Crippen LogP contribution in [0.1, 0.15) is 6.92 Å². The zero-order valence-corrected chi connectivity index (χ0v) is 12.0. The Bertz CT molecular complexity index is 641. The molecule has 0 fully saturated rings. The Labute approximate surface area is 123 Å². The van der Waals surface area contributed by atoms with Gasteiger partial charge in [-0.15, -0.1) is 0 Å². The number of amides is 3. The number of benzene rings is 2. The Kier molecular flexibility index (Phi) is 4.56. The Morgan fingerprint density at radius 3 is 2.19 bits per heavy atom. The van der Waals surface area contributed by atoms with E-state index in [2.05, 4.69) is 10.6 Å². The monoisotopic (exact) mass is 283 g/mol. The Hall–Kier alpha value is -2.82. The van der Waals surface area contributed by atoms with E-state index in [1.165, 1.54) is 11.8 Å². The van der Waals surface area contributed by atoms with Crippen molar-refractivity contribution in [3.8, 4) is 0 Å². The molecule has 21 heavy (non-hydrogen) atoms. The number of hydrogen-bond acceptors (Lipinski definition) is 2. The lowest BCUT2D eigenvalue weighted by atomic mass is 10.2. The van der Waals surface area contributed by atoms with E-state index in [1.807, 2.05) is 24.3 Å². The van der Waals surface area contributed by atoms with E-state index in [4.69, 9.17) is 0 Å². The van der Waals surface area contributed by atoms with Crippen LogP contribution in [0.5, 0.6) is 0 Å². The predicted molar refractivity (Wildman–Crippen MR) is 84.6 cm³/mol. The first-order chi connectivity index (χ1) is 10.1. The highest BCUT2D eigenvalue weighted by molar-refractivity contribution is 6.04. The van der Waals surface area contributed by atoms with Gasteiger partial charge in [0.1, 0.15) is 0 Å². The van der Waals surface area contributed by atoms with Gasteiger partial charge in [0.05, 0.1) is 11.4 Å². The summed E-state index contributed by atoms with van der Waals surface area (Å²) in [6, 6.07) is 15.9. The molecule has 0 bridgehead atoms. The minimum absolute atomic E-state index is 0.104. The highest BCUT2D eigenvalue weighted by Crippen LogP contribution is 2.24. The van der Waals surface area contributed by atoms with Crippen molar-refractivity contribution >= 4 is 29.0 Å². The van der Waals surface area contributed by atoms with E-state index in [0.29, 0.717) is 17.1 Å². The van der Waals surface area contributed by atoms with Crippen LogP contribution in [0, 0.1) is 0 Å². The molecule has 3 amide bonds. The van der Waals surface area contributed by atoms with E-state index in [1.54, 1.807) is 37.4 Å².